The van der Waals surface area contributed by atoms with Crippen LogP contribution in [-0.2, 0) is 9.59 Å². The summed E-state index contributed by atoms with van der Waals surface area (Å²) in [7, 11) is 1.43. The number of nitrogens with one attached hydrogen (secondary N) is 1. The van der Waals surface area contributed by atoms with Gasteiger partial charge in [-0.2, -0.15) is 0 Å². The number of likely N-dealkylation sites (N-methyl/N-ethyl adjacent to an activating group) is 1. The lowest BCUT2D eigenvalue weighted by atomic mass is 9.98. The molecule has 9 nitrogen and oxygen atoms in total. The summed E-state index contributed by atoms with van der Waals surface area (Å²) in [6.07, 6.45) is 2.61. The second-order valence-corrected chi connectivity index (χ2v) is 6.77. The molecule has 0 bridgehead atoms. The summed E-state index contributed by atoms with van der Waals surface area (Å²) in [5.74, 6) is -1.98. The van der Waals surface area contributed by atoms with Gasteiger partial charge in [0.2, 0.25) is 5.91 Å². The smallest absolute Gasteiger partial charge is 0.308 e. The molecule has 28 heavy (non-hydrogen) atoms. The Morgan fingerprint density at radius 2 is 2.11 bits per heavy atom. The van der Waals surface area contributed by atoms with Crippen LogP contribution in [0.4, 0.5) is 0 Å². The number of furan rings is 1. The number of pyridine rings is 1. The third-order valence-electron chi connectivity index (χ3n) is 4.77. The van der Waals surface area contributed by atoms with Gasteiger partial charge in [0.1, 0.15) is 11.3 Å². The van der Waals surface area contributed by atoms with E-state index in [2.05, 4.69) is 4.98 Å². The molecule has 2 amide bonds. The average molecular weight is 387 g/mol. The number of carbonyl (C=O) groups excluding carboxylic acids is 2. The number of piperidine rings is 1. The molecule has 0 aromatic carbocycles. The molecule has 2 N–H and O–H groups in total. The number of hydrogen-bond donors (Lipinski definition) is 2. The maximum absolute atomic E-state index is 12.6. The first kappa shape index (κ1) is 19.4. The zero-order valence-corrected chi connectivity index (χ0v) is 15.4. The van der Waals surface area contributed by atoms with E-state index in [1.54, 1.807) is 18.2 Å². The lowest BCUT2D eigenvalue weighted by molar-refractivity contribution is -0.145. The third kappa shape index (κ3) is 4.13. The summed E-state index contributed by atoms with van der Waals surface area (Å²) >= 11 is 0. The Morgan fingerprint density at radius 3 is 2.75 bits per heavy atom. The molecule has 1 unspecified atom stereocenters. The molecule has 2 aromatic heterocycles. The minimum Gasteiger partial charge on any atom is -0.481 e. The number of carbonyl (C=O) groups is 3. The van der Waals surface area contributed by atoms with E-state index in [1.807, 2.05) is 0 Å². The second kappa shape index (κ2) is 8.12. The maximum Gasteiger partial charge on any atom is 0.308 e. The van der Waals surface area contributed by atoms with Crippen LogP contribution in [-0.4, -0.2) is 64.4 Å². The van der Waals surface area contributed by atoms with Gasteiger partial charge in [-0.25, -0.2) is 0 Å². The van der Waals surface area contributed by atoms with Crippen molar-refractivity contribution < 1.29 is 23.9 Å². The Morgan fingerprint density at radius 1 is 1.32 bits per heavy atom. The minimum atomic E-state index is -0.926. The van der Waals surface area contributed by atoms with Gasteiger partial charge in [-0.15, -0.1) is 0 Å². The number of nitrogens with zero attached hydrogens (tertiary/aromatic N) is 2. The Bertz CT molecular complexity index is 933. The van der Waals surface area contributed by atoms with E-state index in [0.717, 1.165) is 4.90 Å². The van der Waals surface area contributed by atoms with Crippen molar-refractivity contribution in [2.75, 3.05) is 26.7 Å². The zero-order valence-electron chi connectivity index (χ0n) is 15.4. The summed E-state index contributed by atoms with van der Waals surface area (Å²) in [4.78, 5) is 53.6. The molecule has 0 saturated carbocycles. The van der Waals surface area contributed by atoms with Crippen LogP contribution < -0.4 is 5.56 Å². The molecule has 0 spiro atoms. The number of carboxylic acids is 1. The molecule has 0 aliphatic carbocycles. The van der Waals surface area contributed by atoms with Crippen LogP contribution in [0.2, 0.25) is 0 Å². The number of aromatic amines is 1. The van der Waals surface area contributed by atoms with Gasteiger partial charge in [0, 0.05) is 20.1 Å². The van der Waals surface area contributed by atoms with Gasteiger partial charge in [0.15, 0.2) is 0 Å². The normalized spacial score (nSPS) is 16.6. The van der Waals surface area contributed by atoms with Crippen molar-refractivity contribution in [1.82, 2.24) is 14.8 Å². The summed E-state index contributed by atoms with van der Waals surface area (Å²) in [5, 5.41) is 9.13. The SMILES string of the molecule is CN(CC(=O)N1CCCC(C(=O)O)C1)C(=O)c1ccc(-c2ccco2)[nH]c1=O. The van der Waals surface area contributed by atoms with Crippen LogP contribution >= 0.6 is 0 Å². The predicted molar refractivity (Wildman–Crippen MR) is 98.7 cm³/mol. The molecule has 2 aromatic rings. The summed E-state index contributed by atoms with van der Waals surface area (Å²) in [6.45, 7) is 0.363. The first-order valence-corrected chi connectivity index (χ1v) is 8.90. The summed E-state index contributed by atoms with van der Waals surface area (Å²) < 4.78 is 5.21. The highest BCUT2D eigenvalue weighted by molar-refractivity contribution is 5.96. The number of rotatable bonds is 5. The van der Waals surface area contributed by atoms with Gasteiger partial charge in [-0.3, -0.25) is 19.2 Å². The predicted octanol–water partition coefficient (Wildman–Crippen LogP) is 1.03. The minimum absolute atomic E-state index is 0.0901. The molecule has 1 aliphatic rings. The molecule has 3 rings (SSSR count). The van der Waals surface area contributed by atoms with Gasteiger partial charge in [0.25, 0.3) is 11.5 Å². The second-order valence-electron chi connectivity index (χ2n) is 6.77. The number of hydrogen-bond acceptors (Lipinski definition) is 5. The first-order valence-electron chi connectivity index (χ1n) is 8.90. The molecule has 1 fully saturated rings. The van der Waals surface area contributed by atoms with Crippen molar-refractivity contribution in [3.63, 3.8) is 0 Å². The number of carboxylic acid groups (broad SMARTS) is 1. The first-order chi connectivity index (χ1) is 13.4. The van der Waals surface area contributed by atoms with Crippen molar-refractivity contribution in [3.8, 4) is 11.5 Å². The highest BCUT2D eigenvalue weighted by Crippen LogP contribution is 2.18. The van der Waals surface area contributed by atoms with E-state index in [1.165, 1.54) is 24.3 Å². The van der Waals surface area contributed by atoms with Gasteiger partial charge >= 0.3 is 5.97 Å². The molecular formula is C19H21N3O6. The fourth-order valence-corrected chi connectivity index (χ4v) is 3.20. The molecular weight excluding hydrogens is 366 g/mol. The van der Waals surface area contributed by atoms with Crippen LogP contribution in [0, 0.1) is 5.92 Å². The zero-order chi connectivity index (χ0) is 20.3. The quantitative estimate of drug-likeness (QED) is 0.790. The standard InChI is InChI=1S/C19H21N3O6/c1-21(11-16(23)22-8-2-4-12(10-22)19(26)27)18(25)13-6-7-14(20-17(13)24)15-5-3-9-28-15/h3,5-7,9,12H,2,4,8,10-11H2,1H3,(H,20,24)(H,26,27). The van der Waals surface area contributed by atoms with Crippen molar-refractivity contribution in [2.45, 2.75) is 12.8 Å². The number of likely N-dealkylation sites (tertiary alicyclic amines) is 1. The maximum atomic E-state index is 12.6. The van der Waals surface area contributed by atoms with Crippen LogP contribution in [0.1, 0.15) is 23.2 Å². The Hall–Kier alpha value is -3.36. The fourth-order valence-electron chi connectivity index (χ4n) is 3.20. The van der Waals surface area contributed by atoms with E-state index in [-0.39, 0.29) is 24.6 Å². The molecule has 3 heterocycles. The molecule has 1 atom stereocenters. The van der Waals surface area contributed by atoms with E-state index in [9.17, 15) is 19.2 Å². The molecule has 0 radical (unpaired) electrons. The van der Waals surface area contributed by atoms with Gasteiger partial charge < -0.3 is 24.3 Å². The van der Waals surface area contributed by atoms with Crippen LogP contribution in [0.15, 0.2) is 39.7 Å². The van der Waals surface area contributed by atoms with Gasteiger partial charge in [0.05, 0.1) is 24.4 Å². The Balaban J connectivity index is 1.66. The van der Waals surface area contributed by atoms with Crippen molar-refractivity contribution in [1.29, 1.82) is 0 Å². The van der Waals surface area contributed by atoms with Crippen molar-refractivity contribution in [3.05, 3.63) is 46.4 Å². The number of aromatic nitrogens is 1. The molecule has 148 valence electrons. The van der Waals surface area contributed by atoms with Crippen LogP contribution in [0.3, 0.4) is 0 Å². The molecule has 9 heteroatoms. The average Bonchev–Trinajstić information content (AvgIpc) is 3.22. The van der Waals surface area contributed by atoms with E-state index in [0.29, 0.717) is 30.8 Å². The van der Waals surface area contributed by atoms with Gasteiger partial charge in [-0.05, 0) is 37.1 Å². The lowest BCUT2D eigenvalue weighted by Crippen LogP contribution is -2.47. The highest BCUT2D eigenvalue weighted by Gasteiger charge is 2.29. The van der Waals surface area contributed by atoms with Crippen LogP contribution in [0.25, 0.3) is 11.5 Å². The van der Waals surface area contributed by atoms with Gasteiger partial charge in [-0.1, -0.05) is 0 Å². The Labute approximate surface area is 160 Å². The van der Waals surface area contributed by atoms with Crippen molar-refractivity contribution in [2.24, 2.45) is 5.92 Å². The monoisotopic (exact) mass is 387 g/mol. The topological polar surface area (TPSA) is 124 Å². The van der Waals surface area contributed by atoms with E-state index >= 15 is 0 Å². The molecule has 1 saturated heterocycles. The Kier molecular flexibility index (Phi) is 5.62. The fraction of sp³-hybridized carbons (Fsp3) is 0.368. The third-order valence-corrected chi connectivity index (χ3v) is 4.77. The van der Waals surface area contributed by atoms with Crippen LogP contribution in [0.5, 0.6) is 0 Å². The summed E-state index contributed by atoms with van der Waals surface area (Å²) in [6, 6.07) is 6.31. The van der Waals surface area contributed by atoms with E-state index < -0.39 is 23.4 Å². The summed E-state index contributed by atoms with van der Waals surface area (Å²) in [5.41, 5.74) is -0.229. The largest absolute Gasteiger partial charge is 0.481 e. The number of amides is 2. The highest BCUT2D eigenvalue weighted by atomic mass is 16.4. The lowest BCUT2D eigenvalue weighted by Gasteiger charge is -2.32. The van der Waals surface area contributed by atoms with Crippen molar-refractivity contribution >= 4 is 17.8 Å². The molecule has 1 aliphatic heterocycles. The number of H-pyrrole nitrogens is 1. The number of aliphatic carboxylic acids is 1. The van der Waals surface area contributed by atoms with E-state index in [4.69, 9.17) is 9.52 Å².